The number of sulfone groups is 1. The van der Waals surface area contributed by atoms with Crippen LogP contribution in [0.25, 0.3) is 10.1 Å². The largest absolute Gasteiger partial charge is 0.397 e. The molecule has 0 saturated carbocycles. The van der Waals surface area contributed by atoms with Crippen LogP contribution in [0.1, 0.15) is 16.6 Å². The number of fused-ring (bicyclic) bond motifs is 1. The van der Waals surface area contributed by atoms with Gasteiger partial charge in [0.05, 0.1) is 21.9 Å². The molecule has 2 N–H and O–H groups in total. The van der Waals surface area contributed by atoms with E-state index in [-0.39, 0.29) is 30.0 Å². The van der Waals surface area contributed by atoms with E-state index < -0.39 is 9.84 Å². The fourth-order valence-electron chi connectivity index (χ4n) is 2.56. The van der Waals surface area contributed by atoms with Crippen molar-refractivity contribution in [3.05, 3.63) is 23.3 Å². The van der Waals surface area contributed by atoms with Gasteiger partial charge in [0, 0.05) is 30.4 Å². The predicted octanol–water partition coefficient (Wildman–Crippen LogP) is 1.14. The average molecular weight is 325 g/mol. The zero-order valence-electron chi connectivity index (χ0n) is 11.4. The summed E-state index contributed by atoms with van der Waals surface area (Å²) in [6.07, 6.45) is 3.31. The number of pyridine rings is 1. The SMILES string of the molecule is CC1CS(=O)(=O)CCN1C(=O)c1sc2cnccc2c1N. The second kappa shape index (κ2) is 4.96. The number of nitrogens with two attached hydrogens (primary N) is 1. The summed E-state index contributed by atoms with van der Waals surface area (Å²) >= 11 is 1.30. The highest BCUT2D eigenvalue weighted by molar-refractivity contribution is 7.91. The summed E-state index contributed by atoms with van der Waals surface area (Å²) < 4.78 is 24.1. The first-order chi connectivity index (χ1) is 9.89. The Kier molecular flexibility index (Phi) is 3.37. The van der Waals surface area contributed by atoms with Crippen molar-refractivity contribution in [3.8, 4) is 0 Å². The topological polar surface area (TPSA) is 93.4 Å². The van der Waals surface area contributed by atoms with Gasteiger partial charge in [-0.1, -0.05) is 0 Å². The fourth-order valence-corrected chi connectivity index (χ4v) is 5.16. The van der Waals surface area contributed by atoms with E-state index in [9.17, 15) is 13.2 Å². The van der Waals surface area contributed by atoms with E-state index in [2.05, 4.69) is 4.98 Å². The zero-order chi connectivity index (χ0) is 15.2. The highest BCUT2D eigenvalue weighted by atomic mass is 32.2. The van der Waals surface area contributed by atoms with Crippen molar-refractivity contribution >= 4 is 42.9 Å². The van der Waals surface area contributed by atoms with E-state index >= 15 is 0 Å². The predicted molar refractivity (Wildman–Crippen MR) is 83.2 cm³/mol. The van der Waals surface area contributed by atoms with Gasteiger partial charge in [-0.25, -0.2) is 8.42 Å². The number of nitrogen functional groups attached to an aromatic ring is 1. The third-order valence-electron chi connectivity index (χ3n) is 3.66. The van der Waals surface area contributed by atoms with Gasteiger partial charge >= 0.3 is 0 Å². The molecule has 2 aromatic rings. The second-order valence-electron chi connectivity index (χ2n) is 5.18. The molecular formula is C13H15N3O3S2. The van der Waals surface area contributed by atoms with Gasteiger partial charge in [0.2, 0.25) is 0 Å². The molecule has 1 aliphatic heterocycles. The number of carbonyl (C=O) groups excluding carboxylic acids is 1. The lowest BCUT2D eigenvalue weighted by Gasteiger charge is -2.32. The maximum atomic E-state index is 12.7. The van der Waals surface area contributed by atoms with Crippen LogP contribution in [0.3, 0.4) is 0 Å². The Balaban J connectivity index is 1.96. The van der Waals surface area contributed by atoms with Crippen molar-refractivity contribution < 1.29 is 13.2 Å². The molecule has 1 unspecified atom stereocenters. The number of rotatable bonds is 1. The van der Waals surface area contributed by atoms with E-state index in [1.807, 2.05) is 0 Å². The third-order valence-corrected chi connectivity index (χ3v) is 6.60. The van der Waals surface area contributed by atoms with E-state index in [4.69, 9.17) is 5.73 Å². The van der Waals surface area contributed by atoms with Crippen LogP contribution >= 0.6 is 11.3 Å². The number of amides is 1. The molecule has 0 radical (unpaired) electrons. The van der Waals surface area contributed by atoms with E-state index in [0.717, 1.165) is 10.1 Å². The first-order valence-corrected chi connectivity index (χ1v) is 9.16. The number of thiophene rings is 1. The number of carbonyl (C=O) groups is 1. The van der Waals surface area contributed by atoms with Crippen LogP contribution in [0.15, 0.2) is 18.5 Å². The second-order valence-corrected chi connectivity index (χ2v) is 8.46. The molecule has 2 aromatic heterocycles. The Morgan fingerprint density at radius 2 is 2.29 bits per heavy atom. The van der Waals surface area contributed by atoms with Crippen molar-refractivity contribution in [2.45, 2.75) is 13.0 Å². The van der Waals surface area contributed by atoms with Crippen molar-refractivity contribution in [2.75, 3.05) is 23.8 Å². The number of hydrogen-bond donors (Lipinski definition) is 1. The normalized spacial score (nSPS) is 21.6. The molecule has 1 fully saturated rings. The molecule has 3 heterocycles. The van der Waals surface area contributed by atoms with Crippen molar-refractivity contribution in [1.82, 2.24) is 9.88 Å². The van der Waals surface area contributed by atoms with Crippen LogP contribution in [0, 0.1) is 0 Å². The van der Waals surface area contributed by atoms with Gasteiger partial charge in [0.1, 0.15) is 4.88 Å². The monoisotopic (exact) mass is 325 g/mol. The molecule has 0 aliphatic carbocycles. The summed E-state index contributed by atoms with van der Waals surface area (Å²) in [7, 11) is -3.05. The summed E-state index contributed by atoms with van der Waals surface area (Å²) in [5.41, 5.74) is 6.51. The molecule has 21 heavy (non-hydrogen) atoms. The Bertz CT molecular complexity index is 813. The highest BCUT2D eigenvalue weighted by Crippen LogP contribution is 2.34. The van der Waals surface area contributed by atoms with Gasteiger partial charge in [-0.2, -0.15) is 0 Å². The molecule has 1 atom stereocenters. The summed E-state index contributed by atoms with van der Waals surface area (Å²) in [5.74, 6) is -0.184. The van der Waals surface area contributed by atoms with Gasteiger partial charge < -0.3 is 10.6 Å². The fraction of sp³-hybridized carbons (Fsp3) is 0.385. The summed E-state index contributed by atoms with van der Waals surface area (Å²) in [6, 6.07) is 1.45. The van der Waals surface area contributed by atoms with Crippen molar-refractivity contribution in [1.29, 1.82) is 0 Å². The highest BCUT2D eigenvalue weighted by Gasteiger charge is 2.33. The minimum absolute atomic E-state index is 0.00505. The van der Waals surface area contributed by atoms with Crippen LogP contribution in [0.5, 0.6) is 0 Å². The minimum Gasteiger partial charge on any atom is -0.397 e. The van der Waals surface area contributed by atoms with Crippen LogP contribution in [0.4, 0.5) is 5.69 Å². The van der Waals surface area contributed by atoms with E-state index in [0.29, 0.717) is 10.6 Å². The van der Waals surface area contributed by atoms with Gasteiger partial charge in [0.15, 0.2) is 9.84 Å². The number of anilines is 1. The summed E-state index contributed by atoms with van der Waals surface area (Å²) in [4.78, 5) is 18.7. The maximum Gasteiger partial charge on any atom is 0.266 e. The van der Waals surface area contributed by atoms with Crippen LogP contribution in [0.2, 0.25) is 0 Å². The lowest BCUT2D eigenvalue weighted by molar-refractivity contribution is 0.0718. The molecule has 1 saturated heterocycles. The lowest BCUT2D eigenvalue weighted by atomic mass is 10.2. The van der Waals surface area contributed by atoms with E-state index in [1.54, 1.807) is 30.3 Å². The first-order valence-electron chi connectivity index (χ1n) is 6.52. The maximum absolute atomic E-state index is 12.7. The van der Waals surface area contributed by atoms with Gasteiger partial charge in [-0.3, -0.25) is 9.78 Å². The smallest absolute Gasteiger partial charge is 0.266 e. The molecule has 0 spiro atoms. The number of hydrogen-bond acceptors (Lipinski definition) is 6. The first kappa shape index (κ1) is 14.3. The molecule has 1 aliphatic rings. The molecule has 0 aromatic carbocycles. The van der Waals surface area contributed by atoms with E-state index in [1.165, 1.54) is 11.3 Å². The molecule has 1 amide bonds. The van der Waals surface area contributed by atoms with Gasteiger partial charge in [-0.15, -0.1) is 11.3 Å². The van der Waals surface area contributed by atoms with Crippen molar-refractivity contribution in [3.63, 3.8) is 0 Å². The molecule has 0 bridgehead atoms. The Hall–Kier alpha value is -1.67. The summed E-state index contributed by atoms with van der Waals surface area (Å²) in [5, 5.41) is 0.815. The van der Waals surface area contributed by atoms with Crippen molar-refractivity contribution in [2.24, 2.45) is 0 Å². The van der Waals surface area contributed by atoms with Gasteiger partial charge in [-0.05, 0) is 13.0 Å². The third kappa shape index (κ3) is 2.49. The summed E-state index contributed by atoms with van der Waals surface area (Å²) in [6.45, 7) is 1.97. The number of nitrogens with zero attached hydrogens (tertiary/aromatic N) is 2. The minimum atomic E-state index is -3.05. The zero-order valence-corrected chi connectivity index (χ0v) is 13.1. The molecule has 8 heteroatoms. The molecular weight excluding hydrogens is 310 g/mol. The van der Waals surface area contributed by atoms with Gasteiger partial charge in [0.25, 0.3) is 5.91 Å². The Labute approximate surface area is 126 Å². The van der Waals surface area contributed by atoms with Crippen LogP contribution in [-0.2, 0) is 9.84 Å². The Morgan fingerprint density at radius 1 is 1.52 bits per heavy atom. The number of aromatic nitrogens is 1. The molecule has 3 rings (SSSR count). The Morgan fingerprint density at radius 3 is 2.95 bits per heavy atom. The van der Waals surface area contributed by atoms with Crippen LogP contribution in [-0.4, -0.2) is 48.3 Å². The average Bonchev–Trinajstić information content (AvgIpc) is 2.75. The molecule has 112 valence electrons. The lowest BCUT2D eigenvalue weighted by Crippen LogP contribution is -2.49. The van der Waals surface area contributed by atoms with Crippen LogP contribution < -0.4 is 5.73 Å². The quantitative estimate of drug-likeness (QED) is 0.848. The standard InChI is InChI=1S/C13H15N3O3S2/c1-8-7-21(18,19)5-4-16(8)13(17)12-11(14)9-2-3-15-6-10(9)20-12/h2-3,6,8H,4-5,7,14H2,1H3. The molecule has 6 nitrogen and oxygen atoms in total.